The van der Waals surface area contributed by atoms with Crippen molar-refractivity contribution >= 4 is 0 Å². The van der Waals surface area contributed by atoms with Crippen LogP contribution in [0.15, 0.2) is 54.6 Å². The maximum atomic E-state index is 2.52. The molecule has 0 N–H and O–H groups in total. The Balaban J connectivity index is 1.15. The molecule has 1 unspecified atom stereocenters. The molecule has 3 aliphatic carbocycles. The van der Waals surface area contributed by atoms with Crippen molar-refractivity contribution in [3.05, 3.63) is 71.3 Å². The Morgan fingerprint density at radius 1 is 0.722 bits per heavy atom. The smallest absolute Gasteiger partial charge is 0.0162 e. The quantitative estimate of drug-likeness (QED) is 0.259. The van der Waals surface area contributed by atoms with E-state index in [4.69, 9.17) is 0 Å². The Morgan fingerprint density at radius 3 is 2.19 bits per heavy atom. The second-order valence-corrected chi connectivity index (χ2v) is 12.5. The Morgan fingerprint density at radius 2 is 1.47 bits per heavy atom. The molecule has 0 heteroatoms. The zero-order chi connectivity index (χ0) is 24.7. The summed E-state index contributed by atoms with van der Waals surface area (Å²) < 4.78 is 0. The highest BCUT2D eigenvalue weighted by atomic mass is 14.4. The van der Waals surface area contributed by atoms with E-state index in [1.807, 2.05) is 0 Å². The lowest BCUT2D eigenvalue weighted by Crippen LogP contribution is -2.26. The highest BCUT2D eigenvalue weighted by molar-refractivity contribution is 5.65. The molecule has 0 aliphatic heterocycles. The molecule has 1 atom stereocenters. The maximum Gasteiger partial charge on any atom is -0.0162 e. The van der Waals surface area contributed by atoms with E-state index in [2.05, 4.69) is 68.5 Å². The number of rotatable bonds is 8. The van der Waals surface area contributed by atoms with Crippen LogP contribution in [0.1, 0.15) is 120 Å². The van der Waals surface area contributed by atoms with Crippen molar-refractivity contribution in [2.75, 3.05) is 0 Å². The van der Waals surface area contributed by atoms with E-state index in [0.717, 1.165) is 29.6 Å². The summed E-state index contributed by atoms with van der Waals surface area (Å²) in [5, 5.41) is 0. The lowest BCUT2D eigenvalue weighted by molar-refractivity contribution is 0.183. The van der Waals surface area contributed by atoms with E-state index in [1.54, 1.807) is 16.7 Å². The third kappa shape index (κ3) is 6.35. The molecule has 2 saturated carbocycles. The maximum absolute atomic E-state index is 2.52. The molecule has 0 radical (unpaired) electrons. The van der Waals surface area contributed by atoms with Crippen LogP contribution in [0.4, 0.5) is 0 Å². The van der Waals surface area contributed by atoms with Crippen molar-refractivity contribution < 1.29 is 0 Å². The van der Waals surface area contributed by atoms with E-state index in [-0.39, 0.29) is 0 Å². The summed E-state index contributed by atoms with van der Waals surface area (Å²) in [7, 11) is 0. The molecular formula is C36H50. The van der Waals surface area contributed by atoms with E-state index in [9.17, 15) is 0 Å². The van der Waals surface area contributed by atoms with Gasteiger partial charge >= 0.3 is 0 Å². The van der Waals surface area contributed by atoms with Crippen molar-refractivity contribution in [3.8, 4) is 11.1 Å². The monoisotopic (exact) mass is 482 g/mol. The first-order valence-electron chi connectivity index (χ1n) is 15.6. The fourth-order valence-corrected chi connectivity index (χ4v) is 7.86. The molecule has 0 spiro atoms. The lowest BCUT2D eigenvalue weighted by atomic mass is 9.69. The number of fused-ring (bicyclic) bond motifs is 1. The molecular weight excluding hydrogens is 432 g/mol. The summed E-state index contributed by atoms with van der Waals surface area (Å²) in [4.78, 5) is 0. The van der Waals surface area contributed by atoms with Crippen LogP contribution in [0, 0.1) is 23.7 Å². The highest BCUT2D eigenvalue weighted by Crippen LogP contribution is 2.42. The minimum atomic E-state index is 0.757. The molecule has 0 saturated heterocycles. The fourth-order valence-electron chi connectivity index (χ4n) is 7.86. The lowest BCUT2D eigenvalue weighted by Gasteiger charge is -2.36. The predicted octanol–water partition coefficient (Wildman–Crippen LogP) is 10.7. The molecule has 2 aromatic carbocycles. The number of allylic oxidation sites excluding steroid dienone is 2. The Labute approximate surface area is 222 Å². The standard InChI is InChI=1S/C36H50/c1-3-5-6-8-28-11-15-31(16-12-28)33-21-23-36-26-34(22-24-35(36)25-33)32-19-17-30(18-20-32)29-13-9-27(7-4-2)10-14-29/h4,7,17-20,22,24,26-29,31,33H,3,5-6,8-16,21,23,25H2,1-2H3/b7-4+. The van der Waals surface area contributed by atoms with Crippen molar-refractivity contribution in [3.63, 3.8) is 0 Å². The van der Waals surface area contributed by atoms with Gasteiger partial charge in [-0.15, -0.1) is 0 Å². The van der Waals surface area contributed by atoms with E-state index in [1.165, 1.54) is 107 Å². The molecule has 194 valence electrons. The molecule has 0 bridgehead atoms. The second kappa shape index (κ2) is 12.6. The van der Waals surface area contributed by atoms with Gasteiger partial charge in [-0.25, -0.2) is 0 Å². The van der Waals surface area contributed by atoms with Gasteiger partial charge in [-0.3, -0.25) is 0 Å². The van der Waals surface area contributed by atoms with Crippen molar-refractivity contribution in [2.24, 2.45) is 23.7 Å². The largest absolute Gasteiger partial charge is 0.0914 e. The normalized spacial score (nSPS) is 28.8. The van der Waals surface area contributed by atoms with Gasteiger partial charge in [-0.2, -0.15) is 0 Å². The average Bonchev–Trinajstić information content (AvgIpc) is 2.94. The first kappa shape index (κ1) is 25.8. The fraction of sp³-hybridized carbons (Fsp3) is 0.611. The van der Waals surface area contributed by atoms with Gasteiger partial charge in [0.2, 0.25) is 0 Å². The Kier molecular flexibility index (Phi) is 9.05. The summed E-state index contributed by atoms with van der Waals surface area (Å²) in [5.74, 6) is 4.52. The third-order valence-electron chi connectivity index (χ3n) is 10.2. The second-order valence-electron chi connectivity index (χ2n) is 12.5. The average molecular weight is 483 g/mol. The van der Waals surface area contributed by atoms with Crippen molar-refractivity contribution in [2.45, 2.75) is 116 Å². The summed E-state index contributed by atoms with van der Waals surface area (Å²) in [6.45, 7) is 4.49. The number of unbranched alkanes of at least 4 members (excludes halogenated alkanes) is 2. The summed E-state index contributed by atoms with van der Waals surface area (Å²) in [6, 6.07) is 17.0. The van der Waals surface area contributed by atoms with Crippen LogP contribution in [-0.4, -0.2) is 0 Å². The zero-order valence-electron chi connectivity index (χ0n) is 23.2. The van der Waals surface area contributed by atoms with E-state index >= 15 is 0 Å². The van der Waals surface area contributed by atoms with Crippen LogP contribution in [0.2, 0.25) is 0 Å². The SMILES string of the molecule is C/C=C/C1CCC(c2ccc(-c3ccc4c(c3)CCC(C3CCC(CCCCC)CC3)C4)cc2)CC1. The summed E-state index contributed by atoms with van der Waals surface area (Å²) in [5.41, 5.74) is 7.65. The molecule has 5 rings (SSSR count). The van der Waals surface area contributed by atoms with Crippen LogP contribution in [0.3, 0.4) is 0 Å². The van der Waals surface area contributed by atoms with Crippen LogP contribution in [0.5, 0.6) is 0 Å². The molecule has 2 aromatic rings. The number of benzene rings is 2. The zero-order valence-corrected chi connectivity index (χ0v) is 23.2. The van der Waals surface area contributed by atoms with Gasteiger partial charge in [0, 0.05) is 0 Å². The van der Waals surface area contributed by atoms with Gasteiger partial charge in [-0.05, 0) is 122 Å². The number of aryl methyl sites for hydroxylation is 1. The van der Waals surface area contributed by atoms with Crippen LogP contribution in [-0.2, 0) is 12.8 Å². The van der Waals surface area contributed by atoms with Gasteiger partial charge < -0.3 is 0 Å². The topological polar surface area (TPSA) is 0 Å². The Hall–Kier alpha value is -1.82. The van der Waals surface area contributed by atoms with Crippen molar-refractivity contribution in [1.29, 1.82) is 0 Å². The summed E-state index contributed by atoms with van der Waals surface area (Å²) in [6.07, 6.45) is 25.8. The van der Waals surface area contributed by atoms with Gasteiger partial charge in [0.1, 0.15) is 0 Å². The van der Waals surface area contributed by atoms with E-state index in [0.29, 0.717) is 0 Å². The van der Waals surface area contributed by atoms with Crippen LogP contribution < -0.4 is 0 Å². The first-order chi connectivity index (χ1) is 17.7. The number of hydrogen-bond donors (Lipinski definition) is 0. The molecule has 2 fully saturated rings. The van der Waals surface area contributed by atoms with Gasteiger partial charge in [0.25, 0.3) is 0 Å². The molecule has 0 aromatic heterocycles. The van der Waals surface area contributed by atoms with Crippen LogP contribution in [0.25, 0.3) is 11.1 Å². The predicted molar refractivity (Wildman–Crippen MR) is 156 cm³/mol. The molecule has 0 amide bonds. The van der Waals surface area contributed by atoms with Crippen LogP contribution >= 0.6 is 0 Å². The minimum absolute atomic E-state index is 0.757. The first-order valence-corrected chi connectivity index (χ1v) is 15.6. The Bertz CT molecular complexity index is 964. The van der Waals surface area contributed by atoms with Gasteiger partial charge in [0.15, 0.2) is 0 Å². The molecule has 0 heterocycles. The third-order valence-corrected chi connectivity index (χ3v) is 10.2. The highest BCUT2D eigenvalue weighted by Gasteiger charge is 2.30. The van der Waals surface area contributed by atoms with Gasteiger partial charge in [0.05, 0.1) is 0 Å². The van der Waals surface area contributed by atoms with Gasteiger partial charge in [-0.1, -0.05) is 100 Å². The van der Waals surface area contributed by atoms with Crippen molar-refractivity contribution in [1.82, 2.24) is 0 Å². The van der Waals surface area contributed by atoms with E-state index < -0.39 is 0 Å². The molecule has 36 heavy (non-hydrogen) atoms. The summed E-state index contributed by atoms with van der Waals surface area (Å²) >= 11 is 0. The number of hydrogen-bond acceptors (Lipinski definition) is 0. The minimum Gasteiger partial charge on any atom is -0.0914 e. The molecule has 0 nitrogen and oxygen atoms in total. The molecule has 3 aliphatic rings.